The van der Waals surface area contributed by atoms with Gasteiger partial charge in [-0.1, -0.05) is 61.6 Å². The zero-order valence-corrected chi connectivity index (χ0v) is 19.7. The lowest BCUT2D eigenvalue weighted by molar-refractivity contribution is -0.112. The van der Waals surface area contributed by atoms with E-state index in [-0.39, 0.29) is 5.57 Å². The molecule has 0 radical (unpaired) electrons. The van der Waals surface area contributed by atoms with Crippen LogP contribution in [0.5, 0.6) is 11.5 Å². The van der Waals surface area contributed by atoms with Crippen molar-refractivity contribution >= 4 is 28.5 Å². The Morgan fingerprint density at radius 3 is 2.64 bits per heavy atom. The van der Waals surface area contributed by atoms with Gasteiger partial charge in [0.25, 0.3) is 5.91 Å². The summed E-state index contributed by atoms with van der Waals surface area (Å²) in [5.74, 6) is 1.04. The van der Waals surface area contributed by atoms with Crippen molar-refractivity contribution in [3.05, 3.63) is 70.2 Å². The van der Waals surface area contributed by atoms with Gasteiger partial charge in [-0.05, 0) is 42.2 Å². The number of hydrogen-bond donors (Lipinski definition) is 1. The minimum Gasteiger partial charge on any atom is -0.490 e. The molecule has 7 nitrogen and oxygen atoms in total. The summed E-state index contributed by atoms with van der Waals surface area (Å²) < 4.78 is 11.6. The Labute approximate surface area is 197 Å². The van der Waals surface area contributed by atoms with Gasteiger partial charge >= 0.3 is 0 Å². The van der Waals surface area contributed by atoms with Crippen LogP contribution in [0.4, 0.5) is 5.13 Å². The molecular weight excluding hydrogens is 436 g/mol. The van der Waals surface area contributed by atoms with Crippen molar-refractivity contribution in [2.24, 2.45) is 5.92 Å². The van der Waals surface area contributed by atoms with E-state index in [4.69, 9.17) is 9.47 Å². The molecule has 3 rings (SSSR count). The van der Waals surface area contributed by atoms with Crippen LogP contribution in [0.25, 0.3) is 6.08 Å². The molecule has 170 valence electrons. The second-order valence-corrected chi connectivity index (χ2v) is 8.70. The summed E-state index contributed by atoms with van der Waals surface area (Å²) in [6.45, 7) is 6.92. The second kappa shape index (κ2) is 11.8. The van der Waals surface area contributed by atoms with E-state index in [1.165, 1.54) is 17.4 Å². The summed E-state index contributed by atoms with van der Waals surface area (Å²) in [6.07, 6.45) is 2.29. The Morgan fingerprint density at radius 1 is 1.15 bits per heavy atom. The topological polar surface area (TPSA) is 97.1 Å². The Hall–Kier alpha value is -3.70. The number of benzene rings is 2. The van der Waals surface area contributed by atoms with Crippen molar-refractivity contribution in [2.45, 2.75) is 33.8 Å². The molecule has 0 fully saturated rings. The zero-order chi connectivity index (χ0) is 23.6. The summed E-state index contributed by atoms with van der Waals surface area (Å²) in [6, 6.07) is 17.1. The van der Waals surface area contributed by atoms with Gasteiger partial charge in [0.05, 0.1) is 6.61 Å². The molecule has 1 heterocycles. The average Bonchev–Trinajstić information content (AvgIpc) is 3.23. The number of ether oxygens (including phenoxy) is 2. The fourth-order valence-electron chi connectivity index (χ4n) is 2.95. The monoisotopic (exact) mass is 462 g/mol. The van der Waals surface area contributed by atoms with Crippen LogP contribution in [0.2, 0.25) is 0 Å². The lowest BCUT2D eigenvalue weighted by Crippen LogP contribution is -2.13. The van der Waals surface area contributed by atoms with Gasteiger partial charge in [-0.3, -0.25) is 10.1 Å². The van der Waals surface area contributed by atoms with Crippen LogP contribution in [0.3, 0.4) is 0 Å². The standard InChI is InChI=1S/C25H26N4O3S/c1-4-31-22-14-19(10-11-21(22)32-16-18-8-6-5-7-9-18)13-20(15-26)24(30)27-25-29-28-23(33-25)12-17(2)3/h5-11,13-14,17H,4,12,16H2,1-3H3,(H,27,29,30)/b20-13-. The molecule has 2 aromatic carbocycles. The first-order valence-corrected chi connectivity index (χ1v) is 11.5. The van der Waals surface area contributed by atoms with Crippen LogP contribution in [-0.4, -0.2) is 22.7 Å². The Balaban J connectivity index is 1.73. The molecule has 0 atom stereocenters. The van der Waals surface area contributed by atoms with E-state index in [2.05, 4.69) is 29.4 Å². The number of rotatable bonds is 10. The van der Waals surface area contributed by atoms with Gasteiger partial charge in [-0.15, -0.1) is 10.2 Å². The van der Waals surface area contributed by atoms with E-state index in [1.807, 2.05) is 43.3 Å². The quantitative estimate of drug-likeness (QED) is 0.326. The van der Waals surface area contributed by atoms with Gasteiger partial charge in [-0.25, -0.2) is 0 Å². The Morgan fingerprint density at radius 2 is 1.94 bits per heavy atom. The van der Waals surface area contributed by atoms with Crippen molar-refractivity contribution in [1.29, 1.82) is 5.26 Å². The fraction of sp³-hybridized carbons (Fsp3) is 0.280. The molecule has 0 unspecified atom stereocenters. The fourth-order valence-corrected chi connectivity index (χ4v) is 3.90. The molecule has 0 saturated carbocycles. The van der Waals surface area contributed by atoms with Crippen LogP contribution < -0.4 is 14.8 Å². The van der Waals surface area contributed by atoms with Crippen molar-refractivity contribution in [3.63, 3.8) is 0 Å². The number of carbonyl (C=O) groups is 1. The molecule has 0 saturated heterocycles. The molecule has 0 bridgehead atoms. The molecule has 1 N–H and O–H groups in total. The van der Waals surface area contributed by atoms with E-state index >= 15 is 0 Å². The van der Waals surface area contributed by atoms with Gasteiger partial charge in [0.1, 0.15) is 23.3 Å². The molecule has 33 heavy (non-hydrogen) atoms. The second-order valence-electron chi connectivity index (χ2n) is 7.64. The average molecular weight is 463 g/mol. The van der Waals surface area contributed by atoms with E-state index in [9.17, 15) is 10.1 Å². The molecular formula is C25H26N4O3S. The van der Waals surface area contributed by atoms with Gasteiger partial charge < -0.3 is 9.47 Å². The van der Waals surface area contributed by atoms with E-state index in [0.29, 0.717) is 41.3 Å². The first kappa shape index (κ1) is 24.0. The molecule has 1 aromatic heterocycles. The molecule has 3 aromatic rings. The maximum atomic E-state index is 12.6. The number of nitrogens with zero attached hydrogens (tertiary/aromatic N) is 3. The number of nitriles is 1. The lowest BCUT2D eigenvalue weighted by Gasteiger charge is -2.13. The van der Waals surface area contributed by atoms with Crippen LogP contribution in [0.15, 0.2) is 54.1 Å². The summed E-state index contributed by atoms with van der Waals surface area (Å²) in [4.78, 5) is 12.6. The first-order valence-electron chi connectivity index (χ1n) is 10.7. The number of amides is 1. The molecule has 0 spiro atoms. The van der Waals surface area contributed by atoms with Crippen LogP contribution >= 0.6 is 11.3 Å². The largest absolute Gasteiger partial charge is 0.490 e. The highest BCUT2D eigenvalue weighted by molar-refractivity contribution is 7.15. The van der Waals surface area contributed by atoms with Crippen molar-refractivity contribution < 1.29 is 14.3 Å². The Bertz CT molecular complexity index is 1150. The van der Waals surface area contributed by atoms with E-state index in [0.717, 1.165) is 17.0 Å². The third-order valence-corrected chi connectivity index (χ3v) is 5.31. The first-order chi connectivity index (χ1) is 16.0. The minimum absolute atomic E-state index is 0.0454. The summed E-state index contributed by atoms with van der Waals surface area (Å²) in [5.41, 5.74) is 1.64. The maximum Gasteiger partial charge on any atom is 0.268 e. The highest BCUT2D eigenvalue weighted by Crippen LogP contribution is 2.30. The minimum atomic E-state index is -0.535. The zero-order valence-electron chi connectivity index (χ0n) is 18.9. The SMILES string of the molecule is CCOc1cc(/C=C(/C#N)C(=O)Nc2nnc(CC(C)C)s2)ccc1OCc1ccccc1. The predicted octanol–water partition coefficient (Wildman–Crippen LogP) is 5.26. The number of carbonyl (C=O) groups excluding carboxylic acids is 1. The van der Waals surface area contributed by atoms with Crippen LogP contribution in [0, 0.1) is 17.2 Å². The number of nitrogens with one attached hydrogen (secondary N) is 1. The number of hydrogen-bond acceptors (Lipinski definition) is 7. The normalized spacial score (nSPS) is 11.2. The third kappa shape index (κ3) is 7.16. The van der Waals surface area contributed by atoms with Crippen LogP contribution in [0.1, 0.15) is 36.9 Å². The smallest absolute Gasteiger partial charge is 0.268 e. The van der Waals surface area contributed by atoms with Gasteiger partial charge in [0, 0.05) is 6.42 Å². The molecule has 0 aliphatic heterocycles. The van der Waals surface area contributed by atoms with Crippen molar-refractivity contribution in [3.8, 4) is 17.6 Å². The van der Waals surface area contributed by atoms with Crippen molar-refractivity contribution in [1.82, 2.24) is 10.2 Å². The van der Waals surface area contributed by atoms with Gasteiger partial charge in [0.15, 0.2) is 11.5 Å². The van der Waals surface area contributed by atoms with E-state index < -0.39 is 5.91 Å². The number of anilines is 1. The molecule has 0 aliphatic rings. The summed E-state index contributed by atoms with van der Waals surface area (Å²) in [7, 11) is 0. The molecule has 0 aliphatic carbocycles. The Kier molecular flexibility index (Phi) is 8.56. The van der Waals surface area contributed by atoms with Crippen molar-refractivity contribution in [2.75, 3.05) is 11.9 Å². The molecule has 1 amide bonds. The maximum absolute atomic E-state index is 12.6. The predicted molar refractivity (Wildman–Crippen MR) is 129 cm³/mol. The lowest BCUT2D eigenvalue weighted by atomic mass is 10.1. The van der Waals surface area contributed by atoms with E-state index in [1.54, 1.807) is 18.2 Å². The highest BCUT2D eigenvalue weighted by atomic mass is 32.1. The summed E-state index contributed by atoms with van der Waals surface area (Å²) in [5, 5.41) is 21.5. The highest BCUT2D eigenvalue weighted by Gasteiger charge is 2.14. The van der Waals surface area contributed by atoms with Gasteiger partial charge in [-0.2, -0.15) is 5.26 Å². The van der Waals surface area contributed by atoms with Gasteiger partial charge in [0.2, 0.25) is 5.13 Å². The third-order valence-electron chi connectivity index (χ3n) is 4.45. The van der Waals surface area contributed by atoms with Crippen LogP contribution in [-0.2, 0) is 17.8 Å². The number of aromatic nitrogens is 2. The molecule has 8 heteroatoms. The summed E-state index contributed by atoms with van der Waals surface area (Å²) >= 11 is 1.31.